The molecule has 0 atom stereocenters. The molecule has 3 rings (SSSR count). The molecule has 1 aliphatic heterocycles. The molecule has 0 aromatic heterocycles. The lowest BCUT2D eigenvalue weighted by Gasteiger charge is -2.34. The predicted molar refractivity (Wildman–Crippen MR) is 140 cm³/mol. The maximum atomic E-state index is 12.9. The van der Waals surface area contributed by atoms with E-state index in [0.29, 0.717) is 6.42 Å². The second-order valence-electron chi connectivity index (χ2n) is 8.91. The van der Waals surface area contributed by atoms with Crippen LogP contribution in [0, 0.1) is 0 Å². The van der Waals surface area contributed by atoms with Crippen molar-refractivity contribution in [3.8, 4) is 0 Å². The molecule has 33 heavy (non-hydrogen) atoms. The van der Waals surface area contributed by atoms with Crippen molar-refractivity contribution in [2.45, 2.75) is 102 Å². The topological polar surface area (TPSA) is 46.6 Å². The highest BCUT2D eigenvalue weighted by Gasteiger charge is 2.32. The van der Waals surface area contributed by atoms with Gasteiger partial charge in [0.2, 0.25) is 0 Å². The number of anilines is 2. The highest BCUT2D eigenvalue weighted by molar-refractivity contribution is 7.99. The molecule has 1 aliphatic rings. The lowest BCUT2D eigenvalue weighted by atomic mass is 9.99. The van der Waals surface area contributed by atoms with Gasteiger partial charge in [-0.1, -0.05) is 76.9 Å². The monoisotopic (exact) mass is 489 g/mol. The van der Waals surface area contributed by atoms with Crippen LogP contribution in [-0.2, 0) is 33.7 Å². The third-order valence-corrected chi connectivity index (χ3v) is 8.49. The van der Waals surface area contributed by atoms with Crippen LogP contribution in [0.15, 0.2) is 40.1 Å². The van der Waals surface area contributed by atoms with E-state index in [1.807, 2.05) is 6.92 Å². The first-order valence-electron chi connectivity index (χ1n) is 12.6. The van der Waals surface area contributed by atoms with Crippen molar-refractivity contribution >= 4 is 33.3 Å². The standard InChI is InChI=1S/C27H39NO3S2/c1-5-9-13-21-19-23(15-11-7-3)27-24(20-21)28(31-33(29,30)18-8-4)26-22(14-10-6-2)16-12-17-25(26)32-27/h12,16-17,19-20H,5-11,13-15,18H2,1-4H3. The lowest BCUT2D eigenvalue weighted by Crippen LogP contribution is -2.28. The van der Waals surface area contributed by atoms with Crippen molar-refractivity contribution in [2.75, 3.05) is 10.8 Å². The summed E-state index contributed by atoms with van der Waals surface area (Å²) in [7, 11) is -3.70. The molecule has 0 radical (unpaired) electrons. The fraction of sp³-hybridized carbons (Fsp3) is 0.556. The Kier molecular flexibility index (Phi) is 9.71. The van der Waals surface area contributed by atoms with E-state index in [-0.39, 0.29) is 5.75 Å². The van der Waals surface area contributed by atoms with E-state index in [4.69, 9.17) is 4.28 Å². The molecule has 0 aliphatic carbocycles. The van der Waals surface area contributed by atoms with Gasteiger partial charge in [0.05, 0.1) is 17.1 Å². The van der Waals surface area contributed by atoms with Crippen molar-refractivity contribution in [2.24, 2.45) is 0 Å². The second kappa shape index (κ2) is 12.3. The zero-order valence-electron chi connectivity index (χ0n) is 20.7. The average molecular weight is 490 g/mol. The minimum atomic E-state index is -3.70. The van der Waals surface area contributed by atoms with Gasteiger partial charge in [-0.05, 0) is 73.8 Å². The summed E-state index contributed by atoms with van der Waals surface area (Å²) in [4.78, 5) is 2.21. The van der Waals surface area contributed by atoms with Crippen LogP contribution in [0.5, 0.6) is 0 Å². The second-order valence-corrected chi connectivity index (χ2v) is 11.6. The number of aryl methyl sites for hydroxylation is 3. The molecule has 6 heteroatoms. The Bertz CT molecular complexity index is 1030. The van der Waals surface area contributed by atoms with Crippen molar-refractivity contribution in [1.29, 1.82) is 0 Å². The van der Waals surface area contributed by atoms with Gasteiger partial charge in [-0.3, -0.25) is 0 Å². The summed E-state index contributed by atoms with van der Waals surface area (Å²) in [6.07, 6.45) is 10.1. The molecule has 0 amide bonds. The molecule has 0 saturated heterocycles. The molecule has 4 nitrogen and oxygen atoms in total. The van der Waals surface area contributed by atoms with E-state index < -0.39 is 10.1 Å². The van der Waals surface area contributed by atoms with Gasteiger partial charge in [-0.15, -0.1) is 4.28 Å². The largest absolute Gasteiger partial charge is 0.288 e. The van der Waals surface area contributed by atoms with E-state index in [2.05, 4.69) is 51.1 Å². The Balaban J connectivity index is 2.18. The lowest BCUT2D eigenvalue weighted by molar-refractivity contribution is 0.318. The number of fused-ring (bicyclic) bond motifs is 2. The average Bonchev–Trinajstić information content (AvgIpc) is 2.79. The van der Waals surface area contributed by atoms with Gasteiger partial charge in [-0.2, -0.15) is 8.42 Å². The van der Waals surface area contributed by atoms with Gasteiger partial charge in [0, 0.05) is 9.79 Å². The van der Waals surface area contributed by atoms with Crippen LogP contribution in [-0.4, -0.2) is 14.2 Å². The van der Waals surface area contributed by atoms with Crippen LogP contribution in [0.1, 0.15) is 89.3 Å². The van der Waals surface area contributed by atoms with E-state index in [0.717, 1.165) is 84.5 Å². The third-order valence-electron chi connectivity index (χ3n) is 5.98. The van der Waals surface area contributed by atoms with Gasteiger partial charge in [0.15, 0.2) is 0 Å². The Morgan fingerprint density at radius 3 is 2.18 bits per heavy atom. The molecule has 182 valence electrons. The number of hydrogen-bond donors (Lipinski definition) is 0. The van der Waals surface area contributed by atoms with Crippen LogP contribution < -0.4 is 5.06 Å². The summed E-state index contributed by atoms with van der Waals surface area (Å²) < 4.78 is 31.7. The Labute approximate surface area is 205 Å². The van der Waals surface area contributed by atoms with Crippen molar-refractivity contribution in [3.05, 3.63) is 47.0 Å². The predicted octanol–water partition coefficient (Wildman–Crippen LogP) is 7.99. The van der Waals surface area contributed by atoms with E-state index >= 15 is 0 Å². The van der Waals surface area contributed by atoms with E-state index in [1.165, 1.54) is 11.1 Å². The van der Waals surface area contributed by atoms with Crippen molar-refractivity contribution in [3.63, 3.8) is 0 Å². The Hall–Kier alpha value is -1.50. The molecule has 2 aromatic carbocycles. The maximum absolute atomic E-state index is 12.9. The zero-order chi connectivity index (χ0) is 23.8. The molecule has 1 heterocycles. The summed E-state index contributed by atoms with van der Waals surface area (Å²) >= 11 is 1.77. The smallest absolute Gasteiger partial charge is 0.202 e. The number of para-hydroxylation sites is 1. The van der Waals surface area contributed by atoms with Crippen molar-refractivity contribution in [1.82, 2.24) is 0 Å². The minimum Gasteiger partial charge on any atom is -0.202 e. The fourth-order valence-corrected chi connectivity index (χ4v) is 6.41. The Morgan fingerprint density at radius 2 is 1.52 bits per heavy atom. The fourth-order valence-electron chi connectivity index (χ4n) is 4.24. The number of rotatable bonds is 13. The first-order chi connectivity index (χ1) is 15.9. The molecule has 0 spiro atoms. The van der Waals surface area contributed by atoms with Crippen LogP contribution in [0.4, 0.5) is 11.4 Å². The number of unbranched alkanes of at least 4 members (excludes halogenated alkanes) is 3. The summed E-state index contributed by atoms with van der Waals surface area (Å²) in [5.41, 5.74) is 5.50. The molecule has 0 bridgehead atoms. The van der Waals surface area contributed by atoms with Gasteiger partial charge in [0.1, 0.15) is 0 Å². The molecule has 0 N–H and O–H groups in total. The maximum Gasteiger partial charge on any atom is 0.288 e. The van der Waals surface area contributed by atoms with Gasteiger partial charge in [-0.25, -0.2) is 5.06 Å². The summed E-state index contributed by atoms with van der Waals surface area (Å²) in [5.74, 6) is 0.0106. The van der Waals surface area contributed by atoms with Crippen molar-refractivity contribution < 1.29 is 12.7 Å². The molecule has 0 unspecified atom stereocenters. The first kappa shape index (κ1) is 26.1. The number of nitrogens with zero attached hydrogens (tertiary/aromatic N) is 1. The third kappa shape index (κ3) is 6.55. The normalized spacial score (nSPS) is 13.2. The van der Waals surface area contributed by atoms with Gasteiger partial charge >= 0.3 is 0 Å². The highest BCUT2D eigenvalue weighted by Crippen LogP contribution is 2.52. The van der Waals surface area contributed by atoms with E-state index in [1.54, 1.807) is 16.8 Å². The van der Waals surface area contributed by atoms with Gasteiger partial charge in [0.25, 0.3) is 10.1 Å². The van der Waals surface area contributed by atoms with E-state index in [9.17, 15) is 8.42 Å². The molecule has 2 aromatic rings. The SMILES string of the molecule is CCCCc1cc(CCCC)c2c(c1)N(OS(=O)(=O)CCC)c1c(CCCC)cccc1S2. The van der Waals surface area contributed by atoms with Crippen LogP contribution in [0.25, 0.3) is 0 Å². The van der Waals surface area contributed by atoms with Crippen LogP contribution >= 0.6 is 11.8 Å². The van der Waals surface area contributed by atoms with Crippen LogP contribution in [0.2, 0.25) is 0 Å². The summed E-state index contributed by atoms with van der Waals surface area (Å²) in [6, 6.07) is 10.8. The summed E-state index contributed by atoms with van der Waals surface area (Å²) in [5, 5.41) is 1.65. The number of benzene rings is 2. The molecular formula is C27H39NO3S2. The highest BCUT2D eigenvalue weighted by atomic mass is 32.2. The minimum absolute atomic E-state index is 0.0106. The molecule has 0 saturated carbocycles. The quantitative estimate of drug-likeness (QED) is 0.285. The molecule has 0 fully saturated rings. The van der Waals surface area contributed by atoms with Crippen LogP contribution in [0.3, 0.4) is 0 Å². The Morgan fingerprint density at radius 1 is 0.848 bits per heavy atom. The summed E-state index contributed by atoms with van der Waals surface area (Å²) in [6.45, 7) is 8.46. The zero-order valence-corrected chi connectivity index (χ0v) is 22.3. The molecular weight excluding hydrogens is 450 g/mol. The van der Waals surface area contributed by atoms with Gasteiger partial charge < -0.3 is 0 Å². The number of hydrogen-bond acceptors (Lipinski definition) is 5. The first-order valence-corrected chi connectivity index (χ1v) is 15.0.